The first kappa shape index (κ1) is 28.2. The molecular formula is C29H57N2+. The molecule has 0 saturated carbocycles. The van der Waals surface area contributed by atoms with Crippen LogP contribution in [0.3, 0.4) is 0 Å². The van der Waals surface area contributed by atoms with Gasteiger partial charge in [-0.1, -0.05) is 124 Å². The van der Waals surface area contributed by atoms with Crippen LogP contribution in [0, 0.1) is 0 Å². The predicted molar refractivity (Wildman–Crippen MR) is 138 cm³/mol. The normalized spacial score (nSPS) is 13.5. The zero-order valence-corrected chi connectivity index (χ0v) is 21.9. The summed E-state index contributed by atoms with van der Waals surface area (Å²) in [7, 11) is 0. The molecule has 1 rings (SSSR count). The Balaban J connectivity index is 2.47. The minimum atomic E-state index is 0.625. The molecule has 0 aromatic carbocycles. The van der Waals surface area contributed by atoms with Gasteiger partial charge in [0.05, 0.1) is 12.0 Å². The maximum atomic E-state index is 3.67. The molecule has 2 nitrogen and oxygen atoms in total. The van der Waals surface area contributed by atoms with E-state index in [-0.39, 0.29) is 0 Å². The van der Waals surface area contributed by atoms with Gasteiger partial charge in [0.1, 0.15) is 12.4 Å². The highest BCUT2D eigenvalue weighted by Crippen LogP contribution is 2.27. The molecule has 1 aromatic heterocycles. The van der Waals surface area contributed by atoms with E-state index in [1.54, 1.807) is 0 Å². The smallest absolute Gasteiger partial charge is 0.247 e. The summed E-state index contributed by atoms with van der Waals surface area (Å²) >= 11 is 0. The Bertz CT molecular complexity index is 493. The number of aromatic amines is 1. The van der Waals surface area contributed by atoms with Gasteiger partial charge in [-0.2, -0.15) is 0 Å². The van der Waals surface area contributed by atoms with E-state index in [4.69, 9.17) is 0 Å². The summed E-state index contributed by atoms with van der Waals surface area (Å²) < 4.78 is 2.59. The highest BCUT2D eigenvalue weighted by molar-refractivity contribution is 4.90. The van der Waals surface area contributed by atoms with Gasteiger partial charge in [-0.15, -0.1) is 0 Å². The lowest BCUT2D eigenvalue weighted by Gasteiger charge is -2.17. The van der Waals surface area contributed by atoms with E-state index in [1.807, 2.05) is 0 Å². The van der Waals surface area contributed by atoms with Crippen molar-refractivity contribution in [2.24, 2.45) is 0 Å². The van der Waals surface area contributed by atoms with Crippen molar-refractivity contribution in [1.82, 2.24) is 4.98 Å². The fourth-order valence-corrected chi connectivity index (χ4v) is 5.01. The number of imidazole rings is 1. The summed E-state index contributed by atoms with van der Waals surface area (Å²) in [4.78, 5) is 3.67. The van der Waals surface area contributed by atoms with Gasteiger partial charge < -0.3 is 0 Å². The first-order chi connectivity index (χ1) is 15.2. The van der Waals surface area contributed by atoms with Crippen LogP contribution in [0.5, 0.6) is 0 Å². The summed E-state index contributed by atoms with van der Waals surface area (Å²) in [5, 5.41) is 0. The average molecular weight is 434 g/mol. The van der Waals surface area contributed by atoms with Gasteiger partial charge in [-0.25, -0.2) is 9.55 Å². The van der Waals surface area contributed by atoms with Gasteiger partial charge in [-0.05, 0) is 32.6 Å². The molecule has 2 unspecified atom stereocenters. The van der Waals surface area contributed by atoms with Crippen molar-refractivity contribution < 1.29 is 4.57 Å². The quantitative estimate of drug-likeness (QED) is 0.139. The van der Waals surface area contributed by atoms with Crippen molar-refractivity contribution in [3.05, 3.63) is 18.2 Å². The van der Waals surface area contributed by atoms with Crippen molar-refractivity contribution >= 4 is 0 Å². The van der Waals surface area contributed by atoms with Crippen LogP contribution in [0.4, 0.5) is 0 Å². The zero-order valence-electron chi connectivity index (χ0n) is 21.9. The van der Waals surface area contributed by atoms with Crippen LogP contribution in [0.25, 0.3) is 0 Å². The number of rotatable bonds is 22. The summed E-state index contributed by atoms with van der Waals surface area (Å²) in [5.41, 5.74) is 0. The van der Waals surface area contributed by atoms with E-state index in [1.165, 1.54) is 134 Å². The standard InChI is InChI=1S/C29H56N2/c1-5-8-11-13-15-17-20-22-27(4)31-26-25-30-29(31)28(23-19-10-7-3)24-21-18-16-14-12-9-6-2/h25-28H,5-24H2,1-4H3/p+1. The number of nitrogens with one attached hydrogen (secondary N) is 1. The molecule has 0 amide bonds. The molecule has 2 atom stereocenters. The molecule has 0 fully saturated rings. The molecule has 0 aliphatic carbocycles. The van der Waals surface area contributed by atoms with Crippen LogP contribution < -0.4 is 4.57 Å². The van der Waals surface area contributed by atoms with Gasteiger partial charge >= 0.3 is 0 Å². The molecule has 0 saturated heterocycles. The van der Waals surface area contributed by atoms with E-state index in [9.17, 15) is 0 Å². The monoisotopic (exact) mass is 433 g/mol. The predicted octanol–water partition coefficient (Wildman–Crippen LogP) is 9.81. The van der Waals surface area contributed by atoms with Crippen molar-refractivity contribution in [3.8, 4) is 0 Å². The van der Waals surface area contributed by atoms with Crippen molar-refractivity contribution in [3.63, 3.8) is 0 Å². The van der Waals surface area contributed by atoms with Crippen molar-refractivity contribution in [2.75, 3.05) is 0 Å². The van der Waals surface area contributed by atoms with E-state index in [2.05, 4.69) is 49.6 Å². The Labute approximate surface area is 196 Å². The number of hydrogen-bond acceptors (Lipinski definition) is 0. The summed E-state index contributed by atoms with van der Waals surface area (Å²) in [6.45, 7) is 9.37. The van der Waals surface area contributed by atoms with Crippen LogP contribution in [-0.4, -0.2) is 4.98 Å². The van der Waals surface area contributed by atoms with Gasteiger partial charge in [-0.3, -0.25) is 0 Å². The Morgan fingerprint density at radius 2 is 1.03 bits per heavy atom. The molecule has 0 aliphatic heterocycles. The molecule has 31 heavy (non-hydrogen) atoms. The second-order valence-corrected chi connectivity index (χ2v) is 10.1. The van der Waals surface area contributed by atoms with Crippen molar-refractivity contribution in [2.45, 2.75) is 168 Å². The van der Waals surface area contributed by atoms with Gasteiger partial charge in [0.15, 0.2) is 0 Å². The minimum Gasteiger partial charge on any atom is -0.247 e. The Hall–Kier alpha value is -0.790. The highest BCUT2D eigenvalue weighted by Gasteiger charge is 2.25. The second-order valence-electron chi connectivity index (χ2n) is 10.1. The first-order valence-corrected chi connectivity index (χ1v) is 14.3. The molecule has 182 valence electrons. The lowest BCUT2D eigenvalue weighted by Crippen LogP contribution is -2.41. The van der Waals surface area contributed by atoms with Crippen molar-refractivity contribution in [1.29, 1.82) is 0 Å². The third-order valence-corrected chi connectivity index (χ3v) is 7.14. The van der Waals surface area contributed by atoms with Gasteiger partial charge in [0.2, 0.25) is 0 Å². The SMILES string of the molecule is CCCCCCCCCC(CCCCC)c1[nH]cc[n+]1C(C)CCCCCCCCC. The Kier molecular flexibility index (Phi) is 18.1. The van der Waals surface area contributed by atoms with Crippen LogP contribution in [0.1, 0.15) is 174 Å². The molecule has 0 radical (unpaired) electrons. The summed E-state index contributed by atoms with van der Waals surface area (Å²) in [5.74, 6) is 2.23. The average Bonchev–Trinajstić information content (AvgIpc) is 3.26. The van der Waals surface area contributed by atoms with Crippen LogP contribution in [0.2, 0.25) is 0 Å². The Morgan fingerprint density at radius 3 is 1.58 bits per heavy atom. The van der Waals surface area contributed by atoms with Gasteiger partial charge in [0.25, 0.3) is 5.82 Å². The summed E-state index contributed by atoms with van der Waals surface area (Å²) in [6.07, 6.45) is 32.3. The van der Waals surface area contributed by atoms with E-state index in [0.29, 0.717) is 12.0 Å². The fourth-order valence-electron chi connectivity index (χ4n) is 5.01. The van der Waals surface area contributed by atoms with Crippen LogP contribution in [-0.2, 0) is 0 Å². The number of unbranched alkanes of at least 4 members (excludes halogenated alkanes) is 14. The van der Waals surface area contributed by atoms with Crippen LogP contribution >= 0.6 is 0 Å². The second kappa shape index (κ2) is 19.9. The maximum absolute atomic E-state index is 3.67. The number of aromatic nitrogens is 2. The minimum absolute atomic E-state index is 0.625. The first-order valence-electron chi connectivity index (χ1n) is 14.3. The van der Waals surface area contributed by atoms with E-state index in [0.717, 1.165) is 0 Å². The molecule has 1 heterocycles. The molecule has 1 N–H and O–H groups in total. The van der Waals surface area contributed by atoms with E-state index < -0.39 is 0 Å². The molecule has 1 aromatic rings. The third kappa shape index (κ3) is 13.4. The molecular weight excluding hydrogens is 376 g/mol. The molecule has 2 heteroatoms. The number of hydrogen-bond donors (Lipinski definition) is 1. The largest absolute Gasteiger partial charge is 0.257 e. The number of H-pyrrole nitrogens is 1. The number of nitrogens with zero attached hydrogens (tertiary/aromatic N) is 1. The zero-order chi connectivity index (χ0) is 22.6. The fraction of sp³-hybridized carbons (Fsp3) is 0.897. The lowest BCUT2D eigenvalue weighted by atomic mass is 9.93. The third-order valence-electron chi connectivity index (χ3n) is 7.14. The Morgan fingerprint density at radius 1 is 0.613 bits per heavy atom. The summed E-state index contributed by atoms with van der Waals surface area (Å²) in [6, 6.07) is 0.625. The van der Waals surface area contributed by atoms with Gasteiger partial charge in [0, 0.05) is 0 Å². The van der Waals surface area contributed by atoms with E-state index >= 15 is 0 Å². The molecule has 0 aliphatic rings. The molecule has 0 bridgehead atoms. The maximum Gasteiger partial charge on any atom is 0.257 e. The highest BCUT2D eigenvalue weighted by atomic mass is 15.1. The topological polar surface area (TPSA) is 19.7 Å². The lowest BCUT2D eigenvalue weighted by molar-refractivity contribution is -0.727. The van der Waals surface area contributed by atoms with Crippen LogP contribution in [0.15, 0.2) is 12.4 Å². The molecule has 0 spiro atoms.